The van der Waals surface area contributed by atoms with Crippen molar-refractivity contribution in [1.29, 1.82) is 0 Å². The molecule has 0 saturated heterocycles. The van der Waals surface area contributed by atoms with Crippen LogP contribution in [0, 0.1) is 0 Å². The number of benzene rings is 1. The van der Waals surface area contributed by atoms with Crippen LogP contribution in [-0.2, 0) is 0 Å². The van der Waals surface area contributed by atoms with Crippen LogP contribution in [0.2, 0.25) is 5.02 Å². The second-order valence-electron chi connectivity index (χ2n) is 4.14. The van der Waals surface area contributed by atoms with Crippen molar-refractivity contribution < 1.29 is 0 Å². The Bertz CT molecular complexity index is 548. The number of hydrogen-bond donors (Lipinski definition) is 1. The minimum atomic E-state index is 0.590. The first-order valence-corrected chi connectivity index (χ1v) is 6.66. The first kappa shape index (κ1) is 11.1. The van der Waals surface area contributed by atoms with Gasteiger partial charge in [-0.05, 0) is 47.0 Å². The molecule has 1 aromatic heterocycles. The molecule has 88 valence electrons. The van der Waals surface area contributed by atoms with E-state index in [1.54, 1.807) is 6.20 Å². The summed E-state index contributed by atoms with van der Waals surface area (Å²) in [7, 11) is 0. The summed E-state index contributed by atoms with van der Waals surface area (Å²) < 4.78 is 2.92. The van der Waals surface area contributed by atoms with Crippen LogP contribution in [0.1, 0.15) is 12.8 Å². The highest BCUT2D eigenvalue weighted by molar-refractivity contribution is 9.10. The summed E-state index contributed by atoms with van der Waals surface area (Å²) in [6.07, 6.45) is 6.21. The van der Waals surface area contributed by atoms with Gasteiger partial charge in [0.05, 0.1) is 5.02 Å². The van der Waals surface area contributed by atoms with Crippen molar-refractivity contribution in [3.05, 3.63) is 40.1 Å². The maximum atomic E-state index is 5.99. The van der Waals surface area contributed by atoms with E-state index >= 15 is 0 Å². The highest BCUT2D eigenvalue weighted by Gasteiger charge is 2.22. The Kier molecular flexibility index (Phi) is 2.84. The number of aromatic nitrogens is 2. The van der Waals surface area contributed by atoms with Crippen LogP contribution in [-0.4, -0.2) is 15.6 Å². The van der Waals surface area contributed by atoms with Crippen molar-refractivity contribution in [1.82, 2.24) is 9.55 Å². The van der Waals surface area contributed by atoms with Gasteiger partial charge < -0.3 is 5.32 Å². The molecule has 5 heteroatoms. The molecule has 0 atom stereocenters. The molecule has 1 aromatic carbocycles. The van der Waals surface area contributed by atoms with Crippen LogP contribution >= 0.6 is 27.5 Å². The molecule has 0 amide bonds. The Hall–Kier alpha value is -1.00. The Morgan fingerprint density at radius 2 is 2.24 bits per heavy atom. The molecule has 1 aliphatic rings. The molecule has 1 saturated carbocycles. The molecule has 0 aliphatic heterocycles. The van der Waals surface area contributed by atoms with Gasteiger partial charge in [0.2, 0.25) is 5.95 Å². The predicted molar refractivity (Wildman–Crippen MR) is 72.9 cm³/mol. The summed E-state index contributed by atoms with van der Waals surface area (Å²) in [5, 5.41) is 4.11. The fraction of sp³-hybridized carbons (Fsp3) is 0.250. The van der Waals surface area contributed by atoms with Crippen LogP contribution in [0.25, 0.3) is 5.69 Å². The summed E-state index contributed by atoms with van der Waals surface area (Å²) in [6.45, 7) is 0. The van der Waals surface area contributed by atoms with Crippen molar-refractivity contribution in [2.24, 2.45) is 0 Å². The lowest BCUT2D eigenvalue weighted by molar-refractivity contribution is 1.00. The van der Waals surface area contributed by atoms with Crippen LogP contribution < -0.4 is 5.32 Å². The second-order valence-corrected chi connectivity index (χ2v) is 5.40. The number of hydrogen-bond acceptors (Lipinski definition) is 2. The quantitative estimate of drug-likeness (QED) is 0.932. The molecule has 0 bridgehead atoms. The first-order chi connectivity index (χ1) is 8.24. The Balaban J connectivity index is 1.96. The zero-order valence-electron chi connectivity index (χ0n) is 9.03. The van der Waals surface area contributed by atoms with Gasteiger partial charge in [-0.1, -0.05) is 11.6 Å². The van der Waals surface area contributed by atoms with E-state index in [9.17, 15) is 0 Å². The summed E-state index contributed by atoms with van der Waals surface area (Å²) in [5.41, 5.74) is 1.04. The molecule has 0 radical (unpaired) electrons. The van der Waals surface area contributed by atoms with Gasteiger partial charge in [0.1, 0.15) is 0 Å². The molecule has 0 spiro atoms. The van der Waals surface area contributed by atoms with E-state index in [0.717, 1.165) is 16.1 Å². The van der Waals surface area contributed by atoms with E-state index in [1.807, 2.05) is 29.0 Å². The zero-order valence-corrected chi connectivity index (χ0v) is 11.4. The Labute approximate surface area is 113 Å². The number of nitrogens with one attached hydrogen (secondary N) is 1. The molecular weight excluding hydrogens is 302 g/mol. The van der Waals surface area contributed by atoms with Crippen molar-refractivity contribution in [3.8, 4) is 5.69 Å². The number of nitrogens with zero attached hydrogens (tertiary/aromatic N) is 2. The smallest absolute Gasteiger partial charge is 0.207 e. The molecular formula is C12H11BrClN3. The summed E-state index contributed by atoms with van der Waals surface area (Å²) in [5.74, 6) is 0.890. The fourth-order valence-corrected chi connectivity index (χ4v) is 2.15. The molecule has 1 aliphatic carbocycles. The topological polar surface area (TPSA) is 29.9 Å². The van der Waals surface area contributed by atoms with Gasteiger partial charge in [0, 0.05) is 28.6 Å². The average Bonchev–Trinajstić information content (AvgIpc) is 3.00. The largest absolute Gasteiger partial charge is 0.353 e. The minimum Gasteiger partial charge on any atom is -0.353 e. The molecule has 3 nitrogen and oxygen atoms in total. The van der Waals surface area contributed by atoms with Crippen LogP contribution in [0.5, 0.6) is 0 Å². The van der Waals surface area contributed by atoms with Crippen LogP contribution in [0.15, 0.2) is 35.1 Å². The molecule has 0 unspecified atom stereocenters. The molecule has 2 aromatic rings. The molecule has 1 N–H and O–H groups in total. The number of imidazole rings is 1. The third-order valence-electron chi connectivity index (χ3n) is 2.73. The molecule has 1 fully saturated rings. The van der Waals surface area contributed by atoms with Crippen LogP contribution in [0.3, 0.4) is 0 Å². The maximum Gasteiger partial charge on any atom is 0.207 e. The second kappa shape index (κ2) is 4.35. The average molecular weight is 313 g/mol. The van der Waals surface area contributed by atoms with Gasteiger partial charge >= 0.3 is 0 Å². The SMILES string of the molecule is Clc1ccc(-n2ccnc2NC2CC2)cc1Br. The minimum absolute atomic E-state index is 0.590. The van der Waals surface area contributed by atoms with E-state index < -0.39 is 0 Å². The molecule has 1 heterocycles. The van der Waals surface area contributed by atoms with Gasteiger partial charge in [-0.2, -0.15) is 0 Å². The van der Waals surface area contributed by atoms with Gasteiger partial charge in [0.25, 0.3) is 0 Å². The van der Waals surface area contributed by atoms with Gasteiger partial charge in [-0.3, -0.25) is 4.57 Å². The van der Waals surface area contributed by atoms with E-state index in [-0.39, 0.29) is 0 Å². The lowest BCUT2D eigenvalue weighted by atomic mass is 10.3. The highest BCUT2D eigenvalue weighted by Crippen LogP contribution is 2.28. The van der Waals surface area contributed by atoms with Crippen molar-refractivity contribution in [2.75, 3.05) is 5.32 Å². The molecule has 3 rings (SSSR count). The number of rotatable bonds is 3. The lowest BCUT2D eigenvalue weighted by Crippen LogP contribution is -2.07. The monoisotopic (exact) mass is 311 g/mol. The zero-order chi connectivity index (χ0) is 11.8. The van der Waals surface area contributed by atoms with Crippen molar-refractivity contribution in [3.63, 3.8) is 0 Å². The van der Waals surface area contributed by atoms with Gasteiger partial charge in [-0.15, -0.1) is 0 Å². The lowest BCUT2D eigenvalue weighted by Gasteiger charge is -2.09. The summed E-state index contributed by atoms with van der Waals surface area (Å²) >= 11 is 9.42. The predicted octanol–water partition coefficient (Wildman–Crippen LogP) is 3.86. The van der Waals surface area contributed by atoms with Crippen LogP contribution in [0.4, 0.5) is 5.95 Å². The Morgan fingerprint density at radius 1 is 1.41 bits per heavy atom. The van der Waals surface area contributed by atoms with E-state index in [2.05, 4.69) is 26.2 Å². The van der Waals surface area contributed by atoms with Gasteiger partial charge in [0.15, 0.2) is 0 Å². The summed E-state index contributed by atoms with van der Waals surface area (Å²) in [6, 6.07) is 6.43. The fourth-order valence-electron chi connectivity index (χ4n) is 1.66. The van der Waals surface area contributed by atoms with E-state index in [4.69, 9.17) is 11.6 Å². The van der Waals surface area contributed by atoms with E-state index in [1.165, 1.54) is 12.8 Å². The Morgan fingerprint density at radius 3 is 2.94 bits per heavy atom. The third-order valence-corrected chi connectivity index (χ3v) is 3.95. The van der Waals surface area contributed by atoms with E-state index in [0.29, 0.717) is 11.1 Å². The maximum absolute atomic E-state index is 5.99. The highest BCUT2D eigenvalue weighted by atomic mass is 79.9. The number of anilines is 1. The van der Waals surface area contributed by atoms with Crippen molar-refractivity contribution in [2.45, 2.75) is 18.9 Å². The van der Waals surface area contributed by atoms with Gasteiger partial charge in [-0.25, -0.2) is 4.98 Å². The molecule has 17 heavy (non-hydrogen) atoms. The standard InChI is InChI=1S/C12H11BrClN3/c13-10-7-9(3-4-11(10)14)17-6-5-15-12(17)16-8-1-2-8/h3-8H,1-2H2,(H,15,16). The summed E-state index contributed by atoms with van der Waals surface area (Å²) in [4.78, 5) is 4.33. The first-order valence-electron chi connectivity index (χ1n) is 5.49. The third kappa shape index (κ3) is 2.33. The number of halogens is 2. The normalized spacial score (nSPS) is 14.9. The van der Waals surface area contributed by atoms with Crippen molar-refractivity contribution >= 4 is 33.5 Å².